The second-order valence-electron chi connectivity index (χ2n) is 6.24. The van der Waals surface area contributed by atoms with E-state index in [-0.39, 0.29) is 5.92 Å². The third kappa shape index (κ3) is 2.75. The third-order valence-electron chi connectivity index (χ3n) is 4.68. The molecule has 0 saturated carbocycles. The molecule has 0 amide bonds. The summed E-state index contributed by atoms with van der Waals surface area (Å²) in [5.41, 5.74) is 1.44. The van der Waals surface area contributed by atoms with E-state index < -0.39 is 5.60 Å². The van der Waals surface area contributed by atoms with Gasteiger partial charge in [-0.3, -0.25) is 0 Å². The van der Waals surface area contributed by atoms with Crippen LogP contribution in [0.5, 0.6) is 0 Å². The predicted molar refractivity (Wildman–Crippen MR) is 108 cm³/mol. The van der Waals surface area contributed by atoms with Crippen LogP contribution >= 0.6 is 11.3 Å². The molecule has 3 aromatic carbocycles. The highest BCUT2D eigenvalue weighted by molar-refractivity contribution is 7.18. The Labute approximate surface area is 157 Å². The monoisotopic (exact) mass is 357 g/mol. The number of thiazole rings is 1. The van der Waals surface area contributed by atoms with E-state index >= 15 is 0 Å². The fraction of sp³-hybridized carbons (Fsp3) is 0.0870. The van der Waals surface area contributed by atoms with Gasteiger partial charge in [0.15, 0.2) is 5.60 Å². The summed E-state index contributed by atoms with van der Waals surface area (Å²) in [4.78, 5) is 4.78. The van der Waals surface area contributed by atoms with E-state index in [0.717, 1.165) is 21.3 Å². The van der Waals surface area contributed by atoms with Gasteiger partial charge in [-0.15, -0.1) is 17.9 Å². The fourth-order valence-electron chi connectivity index (χ4n) is 3.37. The second-order valence-corrected chi connectivity index (χ2v) is 7.27. The summed E-state index contributed by atoms with van der Waals surface area (Å²) in [6.07, 6.45) is 1.81. The van der Waals surface area contributed by atoms with Gasteiger partial charge in [0, 0.05) is 5.92 Å². The zero-order valence-corrected chi connectivity index (χ0v) is 15.1. The summed E-state index contributed by atoms with van der Waals surface area (Å²) in [5.74, 6) is -0.313. The van der Waals surface area contributed by atoms with Crippen molar-refractivity contribution in [1.29, 1.82) is 0 Å². The zero-order valence-electron chi connectivity index (χ0n) is 14.2. The van der Waals surface area contributed by atoms with E-state index in [4.69, 9.17) is 4.98 Å². The van der Waals surface area contributed by atoms with Gasteiger partial charge in [0.2, 0.25) is 0 Å². The molecule has 0 spiro atoms. The number of fused-ring (bicyclic) bond motifs is 1. The number of nitrogens with zero attached hydrogens (tertiary/aromatic N) is 1. The summed E-state index contributed by atoms with van der Waals surface area (Å²) in [6.45, 7) is 4.03. The number of para-hydroxylation sites is 1. The van der Waals surface area contributed by atoms with Crippen LogP contribution in [0, 0.1) is 0 Å². The van der Waals surface area contributed by atoms with E-state index in [0.29, 0.717) is 5.01 Å². The van der Waals surface area contributed by atoms with Crippen LogP contribution < -0.4 is 0 Å². The molecular weight excluding hydrogens is 338 g/mol. The molecule has 2 nitrogen and oxygen atoms in total. The second kappa shape index (κ2) is 6.87. The highest BCUT2D eigenvalue weighted by Crippen LogP contribution is 2.45. The Morgan fingerprint density at radius 1 is 0.885 bits per heavy atom. The highest BCUT2D eigenvalue weighted by Gasteiger charge is 2.42. The molecule has 4 rings (SSSR count). The first-order valence-electron chi connectivity index (χ1n) is 8.55. The van der Waals surface area contributed by atoms with Crippen LogP contribution in [0.2, 0.25) is 0 Å². The summed E-state index contributed by atoms with van der Waals surface area (Å²) < 4.78 is 1.06. The van der Waals surface area contributed by atoms with Crippen LogP contribution in [0.15, 0.2) is 97.6 Å². The van der Waals surface area contributed by atoms with Gasteiger partial charge in [0.05, 0.1) is 10.2 Å². The van der Waals surface area contributed by atoms with Crippen LogP contribution in [-0.2, 0) is 5.60 Å². The van der Waals surface area contributed by atoms with Crippen molar-refractivity contribution in [3.8, 4) is 0 Å². The molecule has 1 heterocycles. The normalized spacial score (nSPS) is 14.7. The summed E-state index contributed by atoms with van der Waals surface area (Å²) in [6, 6.07) is 27.7. The van der Waals surface area contributed by atoms with Crippen LogP contribution in [0.1, 0.15) is 22.1 Å². The molecule has 26 heavy (non-hydrogen) atoms. The van der Waals surface area contributed by atoms with Crippen LogP contribution in [-0.4, -0.2) is 10.1 Å². The van der Waals surface area contributed by atoms with Crippen molar-refractivity contribution < 1.29 is 5.11 Å². The molecule has 2 atom stereocenters. The Bertz CT molecular complexity index is 993. The number of aromatic nitrogens is 1. The average molecular weight is 357 g/mol. The molecule has 1 aromatic heterocycles. The van der Waals surface area contributed by atoms with Gasteiger partial charge in [-0.1, -0.05) is 78.9 Å². The van der Waals surface area contributed by atoms with Gasteiger partial charge in [0.1, 0.15) is 5.01 Å². The Morgan fingerprint density at radius 2 is 1.50 bits per heavy atom. The standard InChI is InChI=1S/C23H19NOS/c1-2-19(17-11-5-3-6-12-17)23(25,18-13-7-4-8-14-18)22-24-20-15-9-10-16-21(20)26-22/h2-16,19,25H,1H2. The minimum absolute atomic E-state index is 0.313. The van der Waals surface area contributed by atoms with Gasteiger partial charge in [-0.05, 0) is 23.3 Å². The highest BCUT2D eigenvalue weighted by atomic mass is 32.1. The van der Waals surface area contributed by atoms with Crippen molar-refractivity contribution in [3.05, 3.63) is 114 Å². The molecule has 0 fully saturated rings. The molecule has 0 radical (unpaired) electrons. The molecule has 2 unspecified atom stereocenters. The average Bonchev–Trinajstić information content (AvgIpc) is 3.15. The first-order chi connectivity index (χ1) is 12.7. The number of hydrogen-bond acceptors (Lipinski definition) is 3. The minimum atomic E-state index is -1.28. The van der Waals surface area contributed by atoms with Gasteiger partial charge in [-0.25, -0.2) is 4.98 Å². The van der Waals surface area contributed by atoms with E-state index in [1.165, 1.54) is 11.3 Å². The van der Waals surface area contributed by atoms with E-state index in [1.54, 1.807) is 0 Å². The van der Waals surface area contributed by atoms with Crippen molar-refractivity contribution in [3.63, 3.8) is 0 Å². The molecule has 0 bridgehead atoms. The van der Waals surface area contributed by atoms with Crippen molar-refractivity contribution in [2.45, 2.75) is 11.5 Å². The lowest BCUT2D eigenvalue weighted by Crippen LogP contribution is -2.34. The number of benzene rings is 3. The lowest BCUT2D eigenvalue weighted by molar-refractivity contribution is 0.0649. The summed E-state index contributed by atoms with van der Waals surface area (Å²) in [5, 5.41) is 12.7. The first kappa shape index (κ1) is 16.7. The van der Waals surface area contributed by atoms with Gasteiger partial charge in [0.25, 0.3) is 0 Å². The van der Waals surface area contributed by atoms with Gasteiger partial charge < -0.3 is 5.11 Å². The van der Waals surface area contributed by atoms with E-state index in [1.807, 2.05) is 91.0 Å². The van der Waals surface area contributed by atoms with Crippen molar-refractivity contribution >= 4 is 21.6 Å². The Balaban J connectivity index is 1.96. The van der Waals surface area contributed by atoms with Crippen molar-refractivity contribution in [2.75, 3.05) is 0 Å². The third-order valence-corrected chi connectivity index (χ3v) is 5.84. The first-order valence-corrected chi connectivity index (χ1v) is 9.36. The Kier molecular flexibility index (Phi) is 4.41. The maximum atomic E-state index is 12.0. The molecule has 128 valence electrons. The molecule has 3 heteroatoms. The minimum Gasteiger partial charge on any atom is -0.377 e. The maximum absolute atomic E-state index is 12.0. The molecule has 1 N–H and O–H groups in total. The summed E-state index contributed by atoms with van der Waals surface area (Å²) >= 11 is 1.53. The Hall–Kier alpha value is -2.75. The van der Waals surface area contributed by atoms with Crippen LogP contribution in [0.25, 0.3) is 10.2 Å². The molecule has 0 aliphatic carbocycles. The zero-order chi connectivity index (χ0) is 18.0. The van der Waals surface area contributed by atoms with E-state index in [2.05, 4.69) is 6.58 Å². The van der Waals surface area contributed by atoms with E-state index in [9.17, 15) is 5.11 Å². The fourth-order valence-corrected chi connectivity index (χ4v) is 4.49. The molecule has 4 aromatic rings. The predicted octanol–water partition coefficient (Wildman–Crippen LogP) is 5.50. The molecule has 0 aliphatic rings. The quantitative estimate of drug-likeness (QED) is 0.478. The number of hydrogen-bond donors (Lipinski definition) is 1. The lowest BCUT2D eigenvalue weighted by Gasteiger charge is -2.33. The SMILES string of the molecule is C=CC(c1ccccc1)C(O)(c1ccccc1)c1nc2ccccc2s1. The van der Waals surface area contributed by atoms with Crippen molar-refractivity contribution in [2.24, 2.45) is 0 Å². The number of aliphatic hydroxyl groups is 1. The number of rotatable bonds is 5. The lowest BCUT2D eigenvalue weighted by atomic mass is 9.77. The van der Waals surface area contributed by atoms with Crippen LogP contribution in [0.3, 0.4) is 0 Å². The van der Waals surface area contributed by atoms with Gasteiger partial charge in [-0.2, -0.15) is 0 Å². The Morgan fingerprint density at radius 3 is 2.15 bits per heavy atom. The topological polar surface area (TPSA) is 33.1 Å². The molecule has 0 saturated heterocycles. The smallest absolute Gasteiger partial charge is 0.151 e. The molecular formula is C23H19NOS. The maximum Gasteiger partial charge on any atom is 0.151 e. The molecule has 0 aliphatic heterocycles. The summed E-state index contributed by atoms with van der Waals surface area (Å²) in [7, 11) is 0. The van der Waals surface area contributed by atoms with Gasteiger partial charge >= 0.3 is 0 Å². The largest absolute Gasteiger partial charge is 0.377 e. The van der Waals surface area contributed by atoms with Crippen LogP contribution in [0.4, 0.5) is 0 Å². The van der Waals surface area contributed by atoms with Crippen molar-refractivity contribution in [1.82, 2.24) is 4.98 Å².